The van der Waals surface area contributed by atoms with Crippen molar-refractivity contribution in [2.24, 2.45) is 0 Å². The fraction of sp³-hybridized carbons (Fsp3) is 0.0952. The highest BCUT2D eigenvalue weighted by molar-refractivity contribution is 7.80. The second-order valence-electron chi connectivity index (χ2n) is 6.12. The Morgan fingerprint density at radius 2 is 1.76 bits per heavy atom. The smallest absolute Gasteiger partial charge is 0.291 e. The van der Waals surface area contributed by atoms with E-state index >= 15 is 0 Å². The minimum atomic E-state index is -0.388. The second-order valence-corrected chi connectivity index (χ2v) is 6.53. The third kappa shape index (κ3) is 5.20. The molecule has 8 heteroatoms. The fourth-order valence-corrected chi connectivity index (χ4v) is 2.72. The molecule has 1 heterocycles. The Hall–Kier alpha value is -3.65. The molecule has 2 amide bonds. The van der Waals surface area contributed by atoms with Crippen molar-refractivity contribution in [2.75, 3.05) is 17.7 Å². The van der Waals surface area contributed by atoms with Gasteiger partial charge >= 0.3 is 0 Å². The Morgan fingerprint density at radius 1 is 1.00 bits per heavy atom. The van der Waals surface area contributed by atoms with Gasteiger partial charge in [-0.3, -0.25) is 14.9 Å². The second kappa shape index (κ2) is 9.03. The van der Waals surface area contributed by atoms with Crippen molar-refractivity contribution in [3.63, 3.8) is 0 Å². The molecule has 3 aromatic rings. The topological polar surface area (TPSA) is 92.6 Å². The number of nitrogens with one attached hydrogen (secondary N) is 3. The molecular formula is C21H19N3O4S. The van der Waals surface area contributed by atoms with Crippen molar-refractivity contribution in [2.45, 2.75) is 6.92 Å². The lowest BCUT2D eigenvalue weighted by atomic mass is 10.1. The monoisotopic (exact) mass is 409 g/mol. The molecule has 2 aromatic carbocycles. The van der Waals surface area contributed by atoms with Crippen LogP contribution in [0.3, 0.4) is 0 Å². The van der Waals surface area contributed by atoms with Gasteiger partial charge in [-0.1, -0.05) is 17.7 Å². The number of carbonyl (C=O) groups is 2. The zero-order chi connectivity index (χ0) is 20.8. The van der Waals surface area contributed by atoms with Gasteiger partial charge in [0.1, 0.15) is 5.75 Å². The van der Waals surface area contributed by atoms with Gasteiger partial charge in [0.25, 0.3) is 11.8 Å². The number of methoxy groups -OCH3 is 1. The molecule has 0 atom stereocenters. The van der Waals surface area contributed by atoms with Crippen LogP contribution in [0.5, 0.6) is 5.75 Å². The highest BCUT2D eigenvalue weighted by Gasteiger charge is 2.13. The van der Waals surface area contributed by atoms with Gasteiger partial charge in [0.05, 0.1) is 19.1 Å². The maximum Gasteiger partial charge on any atom is 0.291 e. The summed E-state index contributed by atoms with van der Waals surface area (Å²) in [6.07, 6.45) is 1.42. The Morgan fingerprint density at radius 3 is 2.41 bits per heavy atom. The number of aryl methyl sites for hydroxylation is 1. The first kappa shape index (κ1) is 20.1. The van der Waals surface area contributed by atoms with Crippen molar-refractivity contribution >= 4 is 40.5 Å². The molecule has 0 spiro atoms. The first-order valence-electron chi connectivity index (χ1n) is 8.68. The zero-order valence-electron chi connectivity index (χ0n) is 15.8. The van der Waals surface area contributed by atoms with Crippen LogP contribution in [0, 0.1) is 6.92 Å². The molecule has 0 saturated carbocycles. The van der Waals surface area contributed by atoms with Crippen molar-refractivity contribution in [1.29, 1.82) is 0 Å². The Balaban J connectivity index is 1.69. The fourth-order valence-electron chi connectivity index (χ4n) is 2.52. The van der Waals surface area contributed by atoms with Gasteiger partial charge in [-0.15, -0.1) is 0 Å². The van der Waals surface area contributed by atoms with Gasteiger partial charge in [0.2, 0.25) is 0 Å². The van der Waals surface area contributed by atoms with Crippen molar-refractivity contribution in [3.8, 4) is 5.75 Å². The summed E-state index contributed by atoms with van der Waals surface area (Å²) in [5, 5.41) is 8.37. The number of anilines is 2. The summed E-state index contributed by atoms with van der Waals surface area (Å²) in [5.41, 5.74) is 2.54. The minimum absolute atomic E-state index is 0.100. The average molecular weight is 409 g/mol. The number of amides is 2. The number of carbonyl (C=O) groups excluding carboxylic acids is 2. The number of ether oxygens (including phenoxy) is 1. The highest BCUT2D eigenvalue weighted by Crippen LogP contribution is 2.28. The van der Waals surface area contributed by atoms with Crippen molar-refractivity contribution in [1.82, 2.24) is 5.32 Å². The molecule has 0 unspecified atom stereocenters. The number of thiocarbonyl (C=S) groups is 1. The van der Waals surface area contributed by atoms with E-state index in [1.165, 1.54) is 13.4 Å². The van der Waals surface area contributed by atoms with Crippen LogP contribution < -0.4 is 20.7 Å². The summed E-state index contributed by atoms with van der Waals surface area (Å²) in [6.45, 7) is 1.94. The van der Waals surface area contributed by atoms with Gasteiger partial charge in [0.15, 0.2) is 10.9 Å². The molecule has 0 bridgehead atoms. The van der Waals surface area contributed by atoms with Crippen LogP contribution in [0.15, 0.2) is 65.3 Å². The Bertz CT molecular complexity index is 1030. The summed E-state index contributed by atoms with van der Waals surface area (Å²) in [6, 6.07) is 15.3. The van der Waals surface area contributed by atoms with Crippen molar-refractivity contribution < 1.29 is 18.7 Å². The normalized spacial score (nSPS) is 10.1. The number of benzene rings is 2. The van der Waals surface area contributed by atoms with Crippen LogP contribution in [0.1, 0.15) is 26.5 Å². The van der Waals surface area contributed by atoms with E-state index in [2.05, 4.69) is 16.0 Å². The van der Waals surface area contributed by atoms with Crippen LogP contribution in [0.2, 0.25) is 0 Å². The number of furan rings is 1. The maximum absolute atomic E-state index is 12.3. The van der Waals surface area contributed by atoms with E-state index in [9.17, 15) is 9.59 Å². The molecule has 0 radical (unpaired) electrons. The van der Waals surface area contributed by atoms with E-state index in [0.717, 1.165) is 5.56 Å². The van der Waals surface area contributed by atoms with Gasteiger partial charge in [-0.05, 0) is 61.6 Å². The molecule has 148 valence electrons. The van der Waals surface area contributed by atoms with E-state index < -0.39 is 0 Å². The minimum Gasteiger partial charge on any atom is -0.495 e. The first-order chi connectivity index (χ1) is 14.0. The first-order valence-corrected chi connectivity index (χ1v) is 9.09. The Kier molecular flexibility index (Phi) is 6.25. The molecule has 0 saturated heterocycles. The number of hydrogen-bond donors (Lipinski definition) is 3. The third-order valence-electron chi connectivity index (χ3n) is 3.99. The highest BCUT2D eigenvalue weighted by atomic mass is 32.1. The number of hydrogen-bond acceptors (Lipinski definition) is 5. The summed E-state index contributed by atoms with van der Waals surface area (Å²) in [5.74, 6) is -0.0331. The average Bonchev–Trinajstić information content (AvgIpc) is 3.23. The lowest BCUT2D eigenvalue weighted by Gasteiger charge is -2.14. The molecule has 7 nitrogen and oxygen atoms in total. The van der Waals surface area contributed by atoms with Gasteiger partial charge in [-0.2, -0.15) is 0 Å². The number of rotatable bonds is 5. The summed E-state index contributed by atoms with van der Waals surface area (Å²) in [4.78, 5) is 24.5. The largest absolute Gasteiger partial charge is 0.495 e. The van der Waals surface area contributed by atoms with Crippen LogP contribution in [0.25, 0.3) is 0 Å². The van der Waals surface area contributed by atoms with Crippen LogP contribution >= 0.6 is 12.2 Å². The standard InChI is InChI=1S/C21H19N3O4S/c1-13-5-7-14(8-6-13)19(25)24-21(29)23-16-12-15(9-10-17(16)27-2)22-20(26)18-4-3-11-28-18/h3-12H,1-2H3,(H,22,26)(H2,23,24,25,29). The van der Waals surface area contributed by atoms with Crippen molar-refractivity contribution in [3.05, 3.63) is 77.7 Å². The van der Waals surface area contributed by atoms with E-state index in [4.69, 9.17) is 21.4 Å². The molecule has 0 aliphatic carbocycles. The summed E-state index contributed by atoms with van der Waals surface area (Å²) >= 11 is 5.24. The molecule has 0 aliphatic rings. The van der Waals surface area contributed by atoms with E-state index in [1.807, 2.05) is 19.1 Å². The molecule has 1 aromatic heterocycles. The third-order valence-corrected chi connectivity index (χ3v) is 4.20. The summed E-state index contributed by atoms with van der Waals surface area (Å²) < 4.78 is 10.4. The predicted octanol–water partition coefficient (Wildman–Crippen LogP) is 3.98. The van der Waals surface area contributed by atoms with Gasteiger partial charge < -0.3 is 19.8 Å². The predicted molar refractivity (Wildman–Crippen MR) is 115 cm³/mol. The lowest BCUT2D eigenvalue weighted by molar-refractivity contribution is 0.0975. The SMILES string of the molecule is COc1ccc(NC(=O)c2ccco2)cc1NC(=S)NC(=O)c1ccc(C)cc1. The Labute approximate surface area is 173 Å². The van der Waals surface area contributed by atoms with Gasteiger partial charge in [0, 0.05) is 11.3 Å². The molecule has 3 rings (SSSR count). The van der Waals surface area contributed by atoms with E-state index in [0.29, 0.717) is 22.7 Å². The molecule has 0 fully saturated rings. The van der Waals surface area contributed by atoms with Gasteiger partial charge in [-0.25, -0.2) is 0 Å². The quantitative estimate of drug-likeness (QED) is 0.552. The van der Waals surface area contributed by atoms with Crippen LogP contribution in [-0.2, 0) is 0 Å². The molecule has 0 aliphatic heterocycles. The zero-order valence-corrected chi connectivity index (χ0v) is 16.6. The lowest BCUT2D eigenvalue weighted by Crippen LogP contribution is -2.34. The van der Waals surface area contributed by atoms with E-state index in [-0.39, 0.29) is 22.7 Å². The van der Waals surface area contributed by atoms with Crippen LogP contribution in [-0.4, -0.2) is 24.0 Å². The molecule has 29 heavy (non-hydrogen) atoms. The molecule has 3 N–H and O–H groups in total. The summed E-state index contributed by atoms with van der Waals surface area (Å²) in [7, 11) is 1.51. The van der Waals surface area contributed by atoms with Crippen LogP contribution in [0.4, 0.5) is 11.4 Å². The molecular weight excluding hydrogens is 390 g/mol. The van der Waals surface area contributed by atoms with E-state index in [1.54, 1.807) is 42.5 Å². The maximum atomic E-state index is 12.3.